The molecule has 0 unspecified atom stereocenters. The molecule has 0 aromatic heterocycles. The van der Waals surface area contributed by atoms with Crippen molar-refractivity contribution in [1.29, 1.82) is 0 Å². The van der Waals surface area contributed by atoms with E-state index in [9.17, 15) is 14.9 Å². The van der Waals surface area contributed by atoms with E-state index in [1.165, 1.54) is 17.0 Å². The Morgan fingerprint density at radius 1 is 1.26 bits per heavy atom. The number of hydrogen-bond acceptors (Lipinski definition) is 4. The number of halogens is 1. The molecule has 120 valence electrons. The van der Waals surface area contributed by atoms with Crippen molar-refractivity contribution >= 4 is 23.2 Å². The molecule has 7 heteroatoms. The van der Waals surface area contributed by atoms with Crippen LogP contribution in [0.5, 0.6) is 11.5 Å². The maximum absolute atomic E-state index is 12.0. The fourth-order valence-electron chi connectivity index (χ4n) is 1.95. The molecule has 0 heterocycles. The van der Waals surface area contributed by atoms with E-state index >= 15 is 0 Å². The van der Waals surface area contributed by atoms with Crippen LogP contribution in [0.1, 0.15) is 15.9 Å². The van der Waals surface area contributed by atoms with Crippen LogP contribution >= 0.6 is 11.6 Å². The Morgan fingerprint density at radius 2 is 2.00 bits per heavy atom. The average Bonchev–Trinajstić information content (AvgIpc) is 2.53. The minimum absolute atomic E-state index is 0.0857. The number of benzene rings is 2. The van der Waals surface area contributed by atoms with Crippen LogP contribution in [-0.2, 0) is 5.88 Å². The predicted molar refractivity (Wildman–Crippen MR) is 87.2 cm³/mol. The van der Waals surface area contributed by atoms with Crippen molar-refractivity contribution in [3.63, 3.8) is 0 Å². The molecule has 6 nitrogen and oxygen atoms in total. The third kappa shape index (κ3) is 3.98. The highest BCUT2D eigenvalue weighted by molar-refractivity contribution is 6.17. The second-order valence-corrected chi connectivity index (χ2v) is 5.29. The largest absolute Gasteiger partial charge is 0.450 e. The molecule has 0 saturated heterocycles. The number of amides is 1. The molecule has 23 heavy (non-hydrogen) atoms. The molecule has 2 aromatic rings. The fourth-order valence-corrected chi connectivity index (χ4v) is 2.12. The lowest BCUT2D eigenvalue weighted by molar-refractivity contribution is -0.385. The number of ether oxygens (including phenoxy) is 1. The van der Waals surface area contributed by atoms with E-state index < -0.39 is 4.92 Å². The van der Waals surface area contributed by atoms with Crippen molar-refractivity contribution in [2.45, 2.75) is 5.88 Å². The summed E-state index contributed by atoms with van der Waals surface area (Å²) in [6, 6.07) is 10.9. The molecule has 0 aliphatic carbocycles. The van der Waals surface area contributed by atoms with Crippen LogP contribution in [-0.4, -0.2) is 29.8 Å². The zero-order valence-electron chi connectivity index (χ0n) is 12.7. The number of rotatable bonds is 5. The van der Waals surface area contributed by atoms with Gasteiger partial charge < -0.3 is 9.64 Å². The van der Waals surface area contributed by atoms with Crippen molar-refractivity contribution in [3.05, 3.63) is 63.7 Å². The summed E-state index contributed by atoms with van der Waals surface area (Å²) in [7, 11) is 3.29. The zero-order valence-corrected chi connectivity index (χ0v) is 13.4. The van der Waals surface area contributed by atoms with E-state index in [-0.39, 0.29) is 23.2 Å². The molecular weight excluding hydrogens is 320 g/mol. The van der Waals surface area contributed by atoms with Gasteiger partial charge in [0.1, 0.15) is 5.75 Å². The smallest absolute Gasteiger partial charge is 0.311 e. The highest BCUT2D eigenvalue weighted by Gasteiger charge is 2.17. The lowest BCUT2D eigenvalue weighted by Crippen LogP contribution is -2.21. The monoisotopic (exact) mass is 334 g/mol. The Morgan fingerprint density at radius 3 is 2.61 bits per heavy atom. The third-order valence-electron chi connectivity index (χ3n) is 3.09. The van der Waals surface area contributed by atoms with Gasteiger partial charge in [-0.05, 0) is 29.8 Å². The lowest BCUT2D eigenvalue weighted by atomic mass is 10.2. The summed E-state index contributed by atoms with van der Waals surface area (Å²) in [4.78, 5) is 24.0. The predicted octanol–water partition coefficient (Wildman–Crippen LogP) is 3.83. The Labute approximate surface area is 138 Å². The van der Waals surface area contributed by atoms with Gasteiger partial charge in [-0.15, -0.1) is 11.6 Å². The molecule has 2 aromatic carbocycles. The van der Waals surface area contributed by atoms with Gasteiger partial charge in [-0.2, -0.15) is 0 Å². The van der Waals surface area contributed by atoms with Gasteiger partial charge in [0.05, 0.1) is 4.92 Å². The van der Waals surface area contributed by atoms with Crippen molar-refractivity contribution in [2.75, 3.05) is 14.1 Å². The van der Waals surface area contributed by atoms with Gasteiger partial charge >= 0.3 is 5.69 Å². The highest BCUT2D eigenvalue weighted by Crippen LogP contribution is 2.33. The molecular formula is C16H15ClN2O4. The fraction of sp³-hybridized carbons (Fsp3) is 0.188. The van der Waals surface area contributed by atoms with E-state index in [2.05, 4.69) is 0 Å². The van der Waals surface area contributed by atoms with Gasteiger partial charge in [-0.25, -0.2) is 0 Å². The molecule has 0 bridgehead atoms. The molecule has 0 radical (unpaired) electrons. The van der Waals surface area contributed by atoms with Crippen LogP contribution in [0.4, 0.5) is 5.69 Å². The van der Waals surface area contributed by atoms with Crippen LogP contribution in [0.25, 0.3) is 0 Å². The summed E-state index contributed by atoms with van der Waals surface area (Å²) in [5.74, 6) is 0.461. The molecule has 2 rings (SSSR count). The number of nitro benzene ring substituents is 1. The van der Waals surface area contributed by atoms with E-state index in [4.69, 9.17) is 16.3 Å². The van der Waals surface area contributed by atoms with Crippen LogP contribution in [0.2, 0.25) is 0 Å². The molecule has 1 amide bonds. The Bertz CT molecular complexity index is 747. The zero-order chi connectivity index (χ0) is 17.0. The topological polar surface area (TPSA) is 72.7 Å². The maximum atomic E-state index is 12.0. The van der Waals surface area contributed by atoms with Gasteiger partial charge in [0.25, 0.3) is 5.91 Å². The van der Waals surface area contributed by atoms with Gasteiger partial charge in [-0.3, -0.25) is 14.9 Å². The second kappa shape index (κ2) is 7.11. The molecule has 0 aliphatic heterocycles. The molecule has 0 spiro atoms. The van der Waals surface area contributed by atoms with Crippen molar-refractivity contribution in [2.24, 2.45) is 0 Å². The summed E-state index contributed by atoms with van der Waals surface area (Å²) in [6.45, 7) is 0. The van der Waals surface area contributed by atoms with E-state index in [0.29, 0.717) is 16.9 Å². The van der Waals surface area contributed by atoms with Crippen LogP contribution in [0.15, 0.2) is 42.5 Å². The number of carbonyl (C=O) groups excluding carboxylic acids is 1. The summed E-state index contributed by atoms with van der Waals surface area (Å²) in [6.07, 6.45) is 0. The average molecular weight is 335 g/mol. The first-order valence-electron chi connectivity index (χ1n) is 6.75. The third-order valence-corrected chi connectivity index (χ3v) is 3.40. The number of nitrogens with zero attached hydrogens (tertiary/aromatic N) is 2. The SMILES string of the molecule is CN(C)C(=O)c1cccc(Oc2cc(CCl)ccc2[N+](=O)[O-])c1. The van der Waals surface area contributed by atoms with E-state index in [1.807, 2.05) is 0 Å². The molecule has 0 aliphatic rings. The summed E-state index contributed by atoms with van der Waals surface area (Å²) in [5, 5.41) is 11.1. The number of hydrogen-bond donors (Lipinski definition) is 0. The first kappa shape index (κ1) is 16.8. The first-order valence-corrected chi connectivity index (χ1v) is 7.28. The Kier molecular flexibility index (Phi) is 5.18. The van der Waals surface area contributed by atoms with Crippen LogP contribution in [0.3, 0.4) is 0 Å². The van der Waals surface area contributed by atoms with Gasteiger partial charge in [0, 0.05) is 31.6 Å². The van der Waals surface area contributed by atoms with Gasteiger partial charge in [-0.1, -0.05) is 12.1 Å². The van der Waals surface area contributed by atoms with Crippen LogP contribution < -0.4 is 4.74 Å². The minimum atomic E-state index is -0.526. The van der Waals surface area contributed by atoms with Crippen molar-refractivity contribution in [1.82, 2.24) is 4.90 Å². The maximum Gasteiger partial charge on any atom is 0.311 e. The van der Waals surface area contributed by atoms with Crippen molar-refractivity contribution in [3.8, 4) is 11.5 Å². The quantitative estimate of drug-likeness (QED) is 0.473. The Hall–Kier alpha value is -2.60. The van der Waals surface area contributed by atoms with Gasteiger partial charge in [0.15, 0.2) is 0 Å². The number of nitro groups is 1. The van der Waals surface area contributed by atoms with E-state index in [0.717, 1.165) is 0 Å². The molecule has 0 atom stereocenters. The Balaban J connectivity index is 2.37. The van der Waals surface area contributed by atoms with Crippen LogP contribution in [0, 0.1) is 10.1 Å². The van der Waals surface area contributed by atoms with E-state index in [1.54, 1.807) is 44.4 Å². The standard InChI is InChI=1S/C16H15ClN2O4/c1-18(2)16(20)12-4-3-5-13(9-12)23-15-8-11(10-17)6-7-14(15)19(21)22/h3-9H,10H2,1-2H3. The molecule has 0 fully saturated rings. The second-order valence-electron chi connectivity index (χ2n) is 5.02. The normalized spacial score (nSPS) is 10.2. The van der Waals surface area contributed by atoms with Crippen molar-refractivity contribution < 1.29 is 14.5 Å². The summed E-state index contributed by atoms with van der Waals surface area (Å²) < 4.78 is 5.61. The number of carbonyl (C=O) groups is 1. The molecule has 0 saturated carbocycles. The summed E-state index contributed by atoms with van der Waals surface area (Å²) in [5.41, 5.74) is 0.972. The number of alkyl halides is 1. The molecule has 0 N–H and O–H groups in total. The lowest BCUT2D eigenvalue weighted by Gasteiger charge is -2.12. The van der Waals surface area contributed by atoms with Gasteiger partial charge in [0.2, 0.25) is 5.75 Å². The highest BCUT2D eigenvalue weighted by atomic mass is 35.5. The summed E-state index contributed by atoms with van der Waals surface area (Å²) >= 11 is 5.76. The minimum Gasteiger partial charge on any atom is -0.450 e. The first-order chi connectivity index (χ1) is 10.9.